The molecule has 0 fully saturated rings. The largest absolute Gasteiger partial charge is 0.487 e. The number of rotatable bonds is 10. The summed E-state index contributed by atoms with van der Waals surface area (Å²) in [5, 5.41) is 0. The van der Waals surface area contributed by atoms with Crippen LogP contribution in [0.3, 0.4) is 0 Å². The molecule has 0 spiro atoms. The van der Waals surface area contributed by atoms with E-state index >= 15 is 0 Å². The first-order valence-corrected chi connectivity index (χ1v) is 10.3. The molecule has 1 aromatic heterocycles. The highest BCUT2D eigenvalue weighted by Crippen LogP contribution is 2.43. The van der Waals surface area contributed by atoms with E-state index in [1.807, 2.05) is 54.0 Å². The van der Waals surface area contributed by atoms with Gasteiger partial charge in [0.25, 0.3) is 0 Å². The highest BCUT2D eigenvalue weighted by Gasteiger charge is 2.16. The summed E-state index contributed by atoms with van der Waals surface area (Å²) in [5.74, 6) is 3.33. The van der Waals surface area contributed by atoms with Crippen LogP contribution in [0.4, 0.5) is 0 Å². The molecule has 0 aliphatic heterocycles. The number of benzene rings is 1. The molecule has 0 N–H and O–H groups in total. The van der Waals surface area contributed by atoms with Crippen molar-refractivity contribution in [1.82, 2.24) is 4.98 Å². The van der Waals surface area contributed by atoms with E-state index in [1.165, 1.54) is 29.9 Å². The van der Waals surface area contributed by atoms with Crippen molar-refractivity contribution in [3.63, 3.8) is 0 Å². The molecule has 2 rings (SSSR count). The molecule has 1 heterocycles. The van der Waals surface area contributed by atoms with Crippen molar-refractivity contribution in [2.24, 2.45) is 0 Å². The van der Waals surface area contributed by atoms with E-state index < -0.39 is 0 Å². The Kier molecular flexibility index (Phi) is 11.1. The van der Waals surface area contributed by atoms with Crippen molar-refractivity contribution in [1.29, 1.82) is 0 Å². The summed E-state index contributed by atoms with van der Waals surface area (Å²) in [7, 11) is 0. The van der Waals surface area contributed by atoms with Crippen LogP contribution in [-0.4, -0.2) is 16.5 Å². The average Bonchev–Trinajstić information content (AvgIpc) is 2.61. The molecule has 2 nitrogen and oxygen atoms in total. The maximum Gasteiger partial charge on any atom is 0.130 e. The topological polar surface area (TPSA) is 22.1 Å². The van der Waals surface area contributed by atoms with E-state index in [2.05, 4.69) is 37.0 Å². The second-order valence-corrected chi connectivity index (χ2v) is 7.95. The Hall–Kier alpha value is -0.840. The fourth-order valence-corrected chi connectivity index (χ4v) is 4.73. The third-order valence-electron chi connectivity index (χ3n) is 3.22. The molecule has 0 saturated carbocycles. The standard InChI is InChI=1S/C19H25NOS2.ClH/c1-3-13-22-19(23-14-4-2)17-10-5-6-11-18(17)21-15-16-9-7-8-12-20-16;/h5-12,19H,3-4,13-15H2,1-2H3;1H. The van der Waals surface area contributed by atoms with Crippen molar-refractivity contribution < 1.29 is 4.74 Å². The van der Waals surface area contributed by atoms with Gasteiger partial charge in [-0.1, -0.05) is 38.1 Å². The lowest BCUT2D eigenvalue weighted by Crippen LogP contribution is -2.02. The highest BCUT2D eigenvalue weighted by molar-refractivity contribution is 8.16. The van der Waals surface area contributed by atoms with Crippen LogP contribution in [0.25, 0.3) is 0 Å². The zero-order valence-corrected chi connectivity index (χ0v) is 16.8. The minimum absolute atomic E-state index is 0. The van der Waals surface area contributed by atoms with E-state index in [9.17, 15) is 0 Å². The molecule has 2 aromatic rings. The summed E-state index contributed by atoms with van der Waals surface area (Å²) >= 11 is 4.04. The molecule has 0 aliphatic rings. The molecule has 132 valence electrons. The fraction of sp³-hybridized carbons (Fsp3) is 0.421. The van der Waals surface area contributed by atoms with Gasteiger partial charge >= 0.3 is 0 Å². The lowest BCUT2D eigenvalue weighted by molar-refractivity contribution is 0.299. The van der Waals surface area contributed by atoms with Crippen LogP contribution >= 0.6 is 35.9 Å². The van der Waals surface area contributed by atoms with Gasteiger partial charge in [0.05, 0.1) is 10.3 Å². The number of nitrogens with zero attached hydrogens (tertiary/aromatic N) is 1. The van der Waals surface area contributed by atoms with Gasteiger partial charge in [-0.25, -0.2) is 0 Å². The van der Waals surface area contributed by atoms with Crippen molar-refractivity contribution in [2.75, 3.05) is 11.5 Å². The normalized spacial score (nSPS) is 10.5. The van der Waals surface area contributed by atoms with Gasteiger partial charge in [0.15, 0.2) is 0 Å². The second kappa shape index (κ2) is 12.5. The third kappa shape index (κ3) is 6.96. The number of aromatic nitrogens is 1. The maximum absolute atomic E-state index is 6.07. The summed E-state index contributed by atoms with van der Waals surface area (Å²) in [6, 6.07) is 14.3. The van der Waals surface area contributed by atoms with Crippen molar-refractivity contribution in [3.8, 4) is 5.75 Å². The predicted octanol–water partition coefficient (Wildman–Crippen LogP) is 6.37. The van der Waals surface area contributed by atoms with Crippen molar-refractivity contribution >= 4 is 35.9 Å². The van der Waals surface area contributed by atoms with E-state index in [0.717, 1.165) is 11.4 Å². The van der Waals surface area contributed by atoms with Gasteiger partial charge in [-0.05, 0) is 42.5 Å². The molecule has 5 heteroatoms. The average molecular weight is 384 g/mol. The van der Waals surface area contributed by atoms with Crippen LogP contribution < -0.4 is 4.74 Å². The van der Waals surface area contributed by atoms with Gasteiger partial charge < -0.3 is 4.74 Å². The van der Waals surface area contributed by atoms with Gasteiger partial charge in [-0.15, -0.1) is 35.9 Å². The smallest absolute Gasteiger partial charge is 0.130 e. The highest BCUT2D eigenvalue weighted by atomic mass is 35.5. The van der Waals surface area contributed by atoms with Crippen LogP contribution in [0.2, 0.25) is 0 Å². The molecule has 0 radical (unpaired) electrons. The molecule has 0 unspecified atom stereocenters. The maximum atomic E-state index is 6.07. The number of halogens is 1. The molecule has 0 saturated heterocycles. The predicted molar refractivity (Wildman–Crippen MR) is 110 cm³/mol. The molecule has 24 heavy (non-hydrogen) atoms. The Labute approximate surface area is 160 Å². The number of para-hydroxylation sites is 1. The van der Waals surface area contributed by atoms with E-state index in [4.69, 9.17) is 4.74 Å². The molecule has 0 atom stereocenters. The van der Waals surface area contributed by atoms with E-state index in [-0.39, 0.29) is 12.4 Å². The van der Waals surface area contributed by atoms with Gasteiger partial charge in [0.1, 0.15) is 12.4 Å². The zero-order chi connectivity index (χ0) is 16.3. The fourth-order valence-electron chi connectivity index (χ4n) is 2.12. The van der Waals surface area contributed by atoms with E-state index in [0.29, 0.717) is 11.2 Å². The number of hydrogen-bond donors (Lipinski definition) is 0. The molecule has 0 aliphatic carbocycles. The summed E-state index contributed by atoms with van der Waals surface area (Å²) in [4.78, 5) is 4.33. The molecule has 1 aromatic carbocycles. The van der Waals surface area contributed by atoms with Gasteiger partial charge in [-0.2, -0.15) is 0 Å². The summed E-state index contributed by atoms with van der Waals surface area (Å²) < 4.78 is 6.51. The monoisotopic (exact) mass is 383 g/mol. The number of pyridine rings is 1. The molecule has 0 bridgehead atoms. The Bertz CT molecular complexity index is 560. The molecular weight excluding hydrogens is 358 g/mol. The Morgan fingerprint density at radius 2 is 1.62 bits per heavy atom. The summed E-state index contributed by atoms with van der Waals surface area (Å²) in [5.41, 5.74) is 2.25. The quantitative estimate of drug-likeness (QED) is 0.444. The third-order valence-corrected chi connectivity index (χ3v) is 6.44. The van der Waals surface area contributed by atoms with Gasteiger partial charge in [0.2, 0.25) is 0 Å². The van der Waals surface area contributed by atoms with Crippen LogP contribution in [0, 0.1) is 0 Å². The molecule has 0 amide bonds. The van der Waals surface area contributed by atoms with Crippen LogP contribution in [0.1, 0.15) is 42.5 Å². The zero-order valence-electron chi connectivity index (χ0n) is 14.3. The Morgan fingerprint density at radius 3 is 2.25 bits per heavy atom. The number of hydrogen-bond acceptors (Lipinski definition) is 4. The summed E-state index contributed by atoms with van der Waals surface area (Å²) in [6.45, 7) is 4.98. The van der Waals surface area contributed by atoms with E-state index in [1.54, 1.807) is 0 Å². The van der Waals surface area contributed by atoms with Gasteiger partial charge in [0, 0.05) is 11.8 Å². The van der Waals surface area contributed by atoms with Crippen LogP contribution in [0.5, 0.6) is 5.75 Å². The van der Waals surface area contributed by atoms with Gasteiger partial charge in [-0.3, -0.25) is 4.98 Å². The summed E-state index contributed by atoms with van der Waals surface area (Å²) in [6.07, 6.45) is 4.21. The second-order valence-electron chi connectivity index (χ2n) is 5.22. The minimum Gasteiger partial charge on any atom is -0.487 e. The first kappa shape index (κ1) is 21.2. The SMILES string of the molecule is CCCSC(SCCC)c1ccccc1OCc1ccccn1.Cl. The Morgan fingerprint density at radius 1 is 0.958 bits per heavy atom. The first-order valence-electron chi connectivity index (χ1n) is 8.20. The lowest BCUT2D eigenvalue weighted by Gasteiger charge is -2.19. The van der Waals surface area contributed by atoms with Crippen molar-refractivity contribution in [2.45, 2.75) is 37.9 Å². The van der Waals surface area contributed by atoms with Crippen molar-refractivity contribution in [3.05, 3.63) is 59.9 Å². The lowest BCUT2D eigenvalue weighted by atomic mass is 10.2. The van der Waals surface area contributed by atoms with Crippen LogP contribution in [-0.2, 0) is 6.61 Å². The molecular formula is C19H26ClNOS2. The number of thioether (sulfide) groups is 2. The van der Waals surface area contributed by atoms with Crippen LogP contribution in [0.15, 0.2) is 48.7 Å². The Balaban J connectivity index is 0.00000288. The first-order chi connectivity index (χ1) is 11.3. The minimum atomic E-state index is 0. The number of ether oxygens (including phenoxy) is 1.